The molecule has 9 nitrogen and oxygen atoms in total. The molecule has 2 aromatic heterocycles. The standard InChI is InChI=1S/C28H32FN3O6S/c1-17(31-15-20(38-28(31)35)8-7-13-32(2,3)4)21-9-6-10-22-24(26(27(33)34)30-25(21)22)18-11-12-19(23(29)14-18)16-39(5,36)37/h6,9-12,14-15,17,30H,7-8,13,16H2,1-5H3. The topological polar surface area (TPSA) is 125 Å². The Bertz CT molecular complexity index is 1710. The Morgan fingerprint density at radius 1 is 1.21 bits per heavy atom. The molecule has 1 N–H and O–H groups in total. The molecule has 0 aliphatic carbocycles. The molecular weight excluding hydrogens is 525 g/mol. The van der Waals surface area contributed by atoms with Crippen molar-refractivity contribution in [3.05, 3.63) is 81.5 Å². The lowest BCUT2D eigenvalue weighted by atomic mass is 9.98. The first-order chi connectivity index (χ1) is 18.1. The Labute approximate surface area is 226 Å². The summed E-state index contributed by atoms with van der Waals surface area (Å²) < 4.78 is 45.9. The molecule has 0 fully saturated rings. The molecule has 11 heteroatoms. The zero-order valence-electron chi connectivity index (χ0n) is 22.6. The normalized spacial score (nSPS) is 13.2. The van der Waals surface area contributed by atoms with E-state index in [1.54, 1.807) is 31.3 Å². The fourth-order valence-electron chi connectivity index (χ4n) is 4.81. The number of rotatable bonds is 10. The lowest BCUT2D eigenvalue weighted by molar-refractivity contribution is -0.870. The van der Waals surface area contributed by atoms with Crippen LogP contribution in [0.15, 0.2) is 51.8 Å². The van der Waals surface area contributed by atoms with E-state index in [1.807, 2.05) is 0 Å². The zero-order chi connectivity index (χ0) is 28.7. The molecule has 2 aromatic carbocycles. The number of hydrogen-bond acceptors (Lipinski definition) is 6. The number of sulfone groups is 1. The van der Waals surface area contributed by atoms with Crippen LogP contribution in [0, 0.1) is 5.82 Å². The maximum absolute atomic E-state index is 14.8. The van der Waals surface area contributed by atoms with Gasteiger partial charge < -0.3 is 23.8 Å². The van der Waals surface area contributed by atoms with E-state index in [0.29, 0.717) is 28.6 Å². The van der Waals surface area contributed by atoms with Gasteiger partial charge in [0.05, 0.1) is 56.7 Å². The second-order valence-electron chi connectivity index (χ2n) is 11.0. The molecule has 1 atom stereocenters. The van der Waals surface area contributed by atoms with Gasteiger partial charge in [0, 0.05) is 41.8 Å². The number of aromatic amines is 1. The van der Waals surface area contributed by atoms with E-state index >= 15 is 0 Å². The molecule has 0 aliphatic heterocycles. The third-order valence-corrected chi connectivity index (χ3v) is 7.50. The number of halogens is 1. The van der Waals surface area contributed by atoms with E-state index in [9.17, 15) is 27.5 Å². The van der Waals surface area contributed by atoms with Crippen LogP contribution in [0.3, 0.4) is 0 Å². The van der Waals surface area contributed by atoms with Crippen LogP contribution in [0.1, 0.15) is 46.8 Å². The Kier molecular flexibility index (Phi) is 7.59. The Hall–Kier alpha value is -3.70. The molecule has 0 saturated heterocycles. The van der Waals surface area contributed by atoms with Crippen molar-refractivity contribution in [1.29, 1.82) is 0 Å². The minimum absolute atomic E-state index is 0.0121. The molecule has 1 unspecified atom stereocenters. The fourth-order valence-corrected chi connectivity index (χ4v) is 5.60. The van der Waals surface area contributed by atoms with E-state index in [0.717, 1.165) is 29.8 Å². The highest BCUT2D eigenvalue weighted by molar-refractivity contribution is 7.89. The largest absolute Gasteiger partial charge is 0.543 e. The summed E-state index contributed by atoms with van der Waals surface area (Å²) in [6.45, 7) is 2.72. The van der Waals surface area contributed by atoms with E-state index in [2.05, 4.69) is 26.1 Å². The van der Waals surface area contributed by atoms with Gasteiger partial charge in [-0.05, 0) is 24.1 Å². The van der Waals surface area contributed by atoms with Gasteiger partial charge in [0.1, 0.15) is 11.6 Å². The summed E-state index contributed by atoms with van der Waals surface area (Å²) in [7, 11) is 2.81. The molecule has 4 rings (SSSR count). The van der Waals surface area contributed by atoms with Crippen molar-refractivity contribution in [1.82, 2.24) is 9.55 Å². The second-order valence-corrected chi connectivity index (χ2v) is 13.1. The van der Waals surface area contributed by atoms with Crippen LogP contribution in [0.4, 0.5) is 4.39 Å². The zero-order valence-corrected chi connectivity index (χ0v) is 23.4. The van der Waals surface area contributed by atoms with E-state index in [-0.39, 0.29) is 22.4 Å². The van der Waals surface area contributed by atoms with Gasteiger partial charge in [0.2, 0.25) is 0 Å². The number of carbonyl (C=O) groups excluding carboxylic acids is 1. The minimum Gasteiger partial charge on any atom is -0.543 e. The number of aromatic nitrogens is 2. The summed E-state index contributed by atoms with van der Waals surface area (Å²) in [4.78, 5) is 27.7. The molecule has 208 valence electrons. The van der Waals surface area contributed by atoms with E-state index in [4.69, 9.17) is 4.42 Å². The summed E-state index contributed by atoms with van der Waals surface area (Å²) in [5.41, 5.74) is 1.29. The summed E-state index contributed by atoms with van der Waals surface area (Å²) in [5, 5.41) is 12.6. The number of fused-ring (bicyclic) bond motifs is 1. The molecule has 4 aromatic rings. The van der Waals surface area contributed by atoms with Crippen LogP contribution in [-0.2, 0) is 22.0 Å². The summed E-state index contributed by atoms with van der Waals surface area (Å²) in [6.07, 6.45) is 4.14. The van der Waals surface area contributed by atoms with Crippen LogP contribution in [0.25, 0.3) is 22.0 Å². The number of benzene rings is 2. The maximum Gasteiger partial charge on any atom is 0.419 e. The van der Waals surface area contributed by atoms with Gasteiger partial charge in [-0.15, -0.1) is 0 Å². The first kappa shape index (κ1) is 28.3. The number of carbonyl (C=O) groups is 1. The van der Waals surface area contributed by atoms with Gasteiger partial charge in [-0.25, -0.2) is 17.6 Å². The van der Waals surface area contributed by atoms with Crippen LogP contribution < -0.4 is 10.9 Å². The Morgan fingerprint density at radius 3 is 2.54 bits per heavy atom. The van der Waals surface area contributed by atoms with Crippen LogP contribution in [0.2, 0.25) is 0 Å². The molecule has 0 bridgehead atoms. The molecule has 0 spiro atoms. The van der Waals surface area contributed by atoms with Crippen LogP contribution in [-0.4, -0.2) is 62.4 Å². The van der Waals surface area contributed by atoms with Gasteiger partial charge in [-0.1, -0.05) is 30.3 Å². The minimum atomic E-state index is -3.46. The third-order valence-electron chi connectivity index (χ3n) is 6.66. The predicted octanol–water partition coefficient (Wildman–Crippen LogP) is 2.88. The number of nitrogens with zero attached hydrogens (tertiary/aromatic N) is 2. The molecule has 2 heterocycles. The monoisotopic (exact) mass is 557 g/mol. The number of carboxylic acid groups (broad SMARTS) is 1. The second kappa shape index (κ2) is 10.5. The van der Waals surface area contributed by atoms with Gasteiger partial charge in [0.25, 0.3) is 0 Å². The number of carboxylic acids is 1. The number of quaternary nitrogens is 1. The lowest BCUT2D eigenvalue weighted by Gasteiger charge is -2.23. The Morgan fingerprint density at radius 2 is 1.92 bits per heavy atom. The van der Waals surface area contributed by atoms with Gasteiger partial charge in [0.15, 0.2) is 9.84 Å². The number of H-pyrrole nitrogens is 1. The van der Waals surface area contributed by atoms with Crippen molar-refractivity contribution in [2.24, 2.45) is 0 Å². The van der Waals surface area contributed by atoms with Crippen LogP contribution >= 0.6 is 0 Å². The van der Waals surface area contributed by atoms with Crippen molar-refractivity contribution < 1.29 is 31.6 Å². The average molecular weight is 558 g/mol. The SMILES string of the molecule is CC(c1cccc2c(-c3ccc(CS(C)(=O)=O)c(F)c3)c(C(=O)[O-])[nH]c12)n1cc(CCC[N+](C)(C)C)oc1=O. The summed E-state index contributed by atoms with van der Waals surface area (Å²) >= 11 is 0. The Balaban J connectivity index is 1.76. The van der Waals surface area contributed by atoms with Crippen molar-refractivity contribution >= 4 is 26.7 Å². The lowest BCUT2D eigenvalue weighted by Crippen LogP contribution is -2.35. The highest BCUT2D eigenvalue weighted by Gasteiger charge is 2.22. The molecular formula is C28H32FN3O6S. The molecule has 0 amide bonds. The van der Waals surface area contributed by atoms with E-state index in [1.165, 1.54) is 16.7 Å². The van der Waals surface area contributed by atoms with E-state index < -0.39 is 39.2 Å². The average Bonchev–Trinajstić information content (AvgIpc) is 3.39. The van der Waals surface area contributed by atoms with Crippen molar-refractivity contribution in [2.45, 2.75) is 31.6 Å². The molecule has 0 radical (unpaired) electrons. The highest BCUT2D eigenvalue weighted by Crippen LogP contribution is 2.37. The van der Waals surface area contributed by atoms with Gasteiger partial charge >= 0.3 is 5.76 Å². The fraction of sp³-hybridized carbons (Fsp3) is 0.357. The van der Waals surface area contributed by atoms with Crippen molar-refractivity contribution in [3.63, 3.8) is 0 Å². The molecule has 39 heavy (non-hydrogen) atoms. The summed E-state index contributed by atoms with van der Waals surface area (Å²) in [6, 6.07) is 8.63. The van der Waals surface area contributed by atoms with Crippen molar-refractivity contribution in [3.8, 4) is 11.1 Å². The number of aryl methyl sites for hydroxylation is 1. The first-order valence-electron chi connectivity index (χ1n) is 12.5. The number of nitrogens with one attached hydrogen (secondary N) is 1. The number of hydrogen-bond donors (Lipinski definition) is 1. The molecule has 0 aliphatic rings. The smallest absolute Gasteiger partial charge is 0.419 e. The highest BCUT2D eigenvalue weighted by atomic mass is 32.2. The maximum atomic E-state index is 14.8. The number of oxazole rings is 1. The predicted molar refractivity (Wildman–Crippen MR) is 145 cm³/mol. The van der Waals surface area contributed by atoms with Gasteiger partial charge in [-0.3, -0.25) is 4.57 Å². The molecule has 0 saturated carbocycles. The first-order valence-corrected chi connectivity index (χ1v) is 14.5. The van der Waals surface area contributed by atoms with Gasteiger partial charge in [-0.2, -0.15) is 0 Å². The summed E-state index contributed by atoms with van der Waals surface area (Å²) in [5.74, 6) is -2.67. The van der Waals surface area contributed by atoms with Crippen LogP contribution in [0.5, 0.6) is 0 Å². The quantitative estimate of drug-likeness (QED) is 0.299. The number of para-hydroxylation sites is 1. The third kappa shape index (κ3) is 6.31. The van der Waals surface area contributed by atoms with Crippen molar-refractivity contribution in [2.75, 3.05) is 33.9 Å². The number of aromatic carboxylic acids is 1.